The van der Waals surface area contributed by atoms with E-state index in [2.05, 4.69) is 17.5 Å². The number of fused-ring (bicyclic) bond motifs is 1. The Morgan fingerprint density at radius 2 is 2.10 bits per heavy atom. The average Bonchev–Trinajstić information content (AvgIpc) is 3.37. The summed E-state index contributed by atoms with van der Waals surface area (Å²) in [5, 5.41) is 7.33. The molecule has 4 aromatic rings. The van der Waals surface area contributed by atoms with E-state index in [9.17, 15) is 9.18 Å². The number of benzene rings is 2. The van der Waals surface area contributed by atoms with Crippen molar-refractivity contribution >= 4 is 46.0 Å². The van der Waals surface area contributed by atoms with Crippen molar-refractivity contribution in [2.24, 2.45) is 5.10 Å². The third kappa shape index (κ3) is 4.70. The molecule has 1 N–H and O–H groups in total. The summed E-state index contributed by atoms with van der Waals surface area (Å²) in [6.07, 6.45) is 5.50. The third-order valence-corrected chi connectivity index (χ3v) is 6.34. The zero-order valence-corrected chi connectivity index (χ0v) is 18.5. The Bertz CT molecular complexity index is 1240. The summed E-state index contributed by atoms with van der Waals surface area (Å²) in [7, 11) is 0. The summed E-state index contributed by atoms with van der Waals surface area (Å²) in [6.45, 7) is 2.40. The Labute approximate surface area is 189 Å². The Morgan fingerprint density at radius 1 is 1.26 bits per heavy atom. The van der Waals surface area contributed by atoms with E-state index in [4.69, 9.17) is 11.6 Å². The molecule has 1 amide bonds. The fraction of sp³-hybridized carbons (Fsp3) is 0.167. The molecule has 2 aromatic carbocycles. The van der Waals surface area contributed by atoms with Gasteiger partial charge in [-0.1, -0.05) is 49.2 Å². The highest BCUT2D eigenvalue weighted by Crippen LogP contribution is 2.25. The van der Waals surface area contributed by atoms with Crippen LogP contribution in [0.5, 0.6) is 0 Å². The number of amides is 1. The van der Waals surface area contributed by atoms with Crippen LogP contribution in [0.4, 0.5) is 4.39 Å². The lowest BCUT2D eigenvalue weighted by molar-refractivity contribution is 0.0955. The number of aryl methyl sites for hydroxylation is 1. The number of rotatable bonds is 7. The smallest absolute Gasteiger partial charge is 0.272 e. The van der Waals surface area contributed by atoms with Crippen molar-refractivity contribution in [3.05, 3.63) is 92.5 Å². The maximum Gasteiger partial charge on any atom is 0.272 e. The number of carbonyl (C=O) groups excluding carboxylic acids is 1. The standard InChI is InChI=1S/C24H21ClFN3OS/c1-2-6-18-11-16(15-31-18)24(30)28-27-12-17-13-29(23-10-4-3-7-19(17)23)14-20-21(25)8-5-9-22(20)26/h3-5,7-13,15H,2,6,14H2,1H3,(H,28,30)/b27-12+. The number of halogens is 2. The molecule has 0 aliphatic heterocycles. The van der Waals surface area contributed by atoms with Crippen LogP contribution >= 0.6 is 22.9 Å². The summed E-state index contributed by atoms with van der Waals surface area (Å²) < 4.78 is 16.2. The Balaban J connectivity index is 1.56. The highest BCUT2D eigenvalue weighted by atomic mass is 35.5. The summed E-state index contributed by atoms with van der Waals surface area (Å²) in [6, 6.07) is 14.4. The van der Waals surface area contributed by atoms with Gasteiger partial charge in [0.2, 0.25) is 0 Å². The van der Waals surface area contributed by atoms with Crippen LogP contribution in [0, 0.1) is 5.82 Å². The molecule has 4 nitrogen and oxygen atoms in total. The molecule has 158 valence electrons. The van der Waals surface area contributed by atoms with Gasteiger partial charge in [-0.2, -0.15) is 5.10 Å². The number of hydrogen-bond donors (Lipinski definition) is 1. The van der Waals surface area contributed by atoms with E-state index in [0.29, 0.717) is 22.7 Å². The molecular weight excluding hydrogens is 433 g/mol. The number of para-hydroxylation sites is 1. The van der Waals surface area contributed by atoms with Gasteiger partial charge in [0.15, 0.2) is 0 Å². The minimum Gasteiger partial charge on any atom is -0.342 e. The molecule has 0 unspecified atom stereocenters. The molecule has 2 heterocycles. The molecule has 2 aromatic heterocycles. The first-order chi connectivity index (χ1) is 15.1. The highest BCUT2D eigenvalue weighted by molar-refractivity contribution is 7.10. The van der Waals surface area contributed by atoms with Crippen molar-refractivity contribution in [3.8, 4) is 0 Å². The van der Waals surface area contributed by atoms with Crippen molar-refractivity contribution in [2.45, 2.75) is 26.3 Å². The number of hydrazone groups is 1. The molecule has 0 saturated heterocycles. The zero-order valence-electron chi connectivity index (χ0n) is 16.9. The first-order valence-electron chi connectivity index (χ1n) is 9.98. The van der Waals surface area contributed by atoms with Gasteiger partial charge in [-0.15, -0.1) is 11.3 Å². The molecule has 0 radical (unpaired) electrons. The lowest BCUT2D eigenvalue weighted by Crippen LogP contribution is -2.16. The molecule has 0 bridgehead atoms. The minimum absolute atomic E-state index is 0.239. The van der Waals surface area contributed by atoms with Gasteiger partial charge in [0.1, 0.15) is 5.82 Å². The first-order valence-corrected chi connectivity index (χ1v) is 11.2. The topological polar surface area (TPSA) is 46.4 Å². The molecule has 7 heteroatoms. The zero-order chi connectivity index (χ0) is 21.8. The summed E-state index contributed by atoms with van der Waals surface area (Å²) >= 11 is 7.79. The van der Waals surface area contributed by atoms with Crippen LogP contribution in [0.25, 0.3) is 10.9 Å². The van der Waals surface area contributed by atoms with Crippen molar-refractivity contribution < 1.29 is 9.18 Å². The monoisotopic (exact) mass is 453 g/mol. The van der Waals surface area contributed by atoms with Crippen LogP contribution in [-0.2, 0) is 13.0 Å². The number of thiophene rings is 1. The predicted molar refractivity (Wildman–Crippen MR) is 126 cm³/mol. The van der Waals surface area contributed by atoms with Gasteiger partial charge in [-0.05, 0) is 30.7 Å². The van der Waals surface area contributed by atoms with Crippen LogP contribution < -0.4 is 5.43 Å². The van der Waals surface area contributed by atoms with Crippen LogP contribution in [0.3, 0.4) is 0 Å². The maximum absolute atomic E-state index is 14.3. The van der Waals surface area contributed by atoms with Crippen LogP contribution in [0.1, 0.15) is 39.7 Å². The van der Waals surface area contributed by atoms with Gasteiger partial charge in [-0.3, -0.25) is 4.79 Å². The van der Waals surface area contributed by atoms with Crippen molar-refractivity contribution in [1.29, 1.82) is 0 Å². The van der Waals surface area contributed by atoms with E-state index in [1.807, 2.05) is 46.5 Å². The van der Waals surface area contributed by atoms with E-state index in [1.54, 1.807) is 29.7 Å². The number of carbonyl (C=O) groups is 1. The van der Waals surface area contributed by atoms with E-state index in [0.717, 1.165) is 29.3 Å². The fourth-order valence-electron chi connectivity index (χ4n) is 3.46. The van der Waals surface area contributed by atoms with Crippen molar-refractivity contribution in [2.75, 3.05) is 0 Å². The number of aromatic nitrogens is 1. The number of nitrogens with one attached hydrogen (secondary N) is 1. The highest BCUT2D eigenvalue weighted by Gasteiger charge is 2.12. The predicted octanol–water partition coefficient (Wildman–Crippen LogP) is 6.26. The molecule has 0 aliphatic rings. The molecule has 4 rings (SSSR count). The molecule has 0 fully saturated rings. The molecule has 0 spiro atoms. The normalized spacial score (nSPS) is 11.5. The SMILES string of the molecule is CCCc1cc(C(=O)N/N=C/c2cn(Cc3c(F)cccc3Cl)c3ccccc23)cs1. The van der Waals surface area contributed by atoms with Crippen molar-refractivity contribution in [3.63, 3.8) is 0 Å². The summed E-state index contributed by atoms with van der Waals surface area (Å²) in [5.41, 5.74) is 5.38. The molecule has 31 heavy (non-hydrogen) atoms. The molecule has 0 saturated carbocycles. The second kappa shape index (κ2) is 9.45. The van der Waals surface area contributed by atoms with Crippen LogP contribution in [0.15, 0.2) is 65.2 Å². The van der Waals surface area contributed by atoms with E-state index < -0.39 is 0 Å². The largest absolute Gasteiger partial charge is 0.342 e. The Hall–Kier alpha value is -2.96. The maximum atomic E-state index is 14.3. The fourth-order valence-corrected chi connectivity index (χ4v) is 4.66. The molecular formula is C24H21ClFN3OS. The Morgan fingerprint density at radius 3 is 2.90 bits per heavy atom. The van der Waals surface area contributed by atoms with Gasteiger partial charge in [-0.25, -0.2) is 9.82 Å². The third-order valence-electron chi connectivity index (χ3n) is 4.99. The van der Waals surface area contributed by atoms with Gasteiger partial charge in [0, 0.05) is 43.5 Å². The second-order valence-corrected chi connectivity index (χ2v) is 8.58. The van der Waals surface area contributed by atoms with E-state index in [1.165, 1.54) is 10.9 Å². The summed E-state index contributed by atoms with van der Waals surface area (Å²) in [5.74, 6) is -0.581. The molecule has 0 atom stereocenters. The molecule has 0 aliphatic carbocycles. The van der Waals surface area contributed by atoms with Gasteiger partial charge >= 0.3 is 0 Å². The van der Waals surface area contributed by atoms with Gasteiger partial charge in [0.05, 0.1) is 18.3 Å². The van der Waals surface area contributed by atoms with E-state index in [-0.39, 0.29) is 11.7 Å². The average molecular weight is 454 g/mol. The number of nitrogens with zero attached hydrogens (tertiary/aromatic N) is 2. The summed E-state index contributed by atoms with van der Waals surface area (Å²) in [4.78, 5) is 13.5. The van der Waals surface area contributed by atoms with Gasteiger partial charge in [0.25, 0.3) is 5.91 Å². The van der Waals surface area contributed by atoms with Gasteiger partial charge < -0.3 is 4.57 Å². The number of hydrogen-bond acceptors (Lipinski definition) is 3. The van der Waals surface area contributed by atoms with Crippen LogP contribution in [-0.4, -0.2) is 16.7 Å². The van der Waals surface area contributed by atoms with Crippen molar-refractivity contribution in [1.82, 2.24) is 9.99 Å². The lowest BCUT2D eigenvalue weighted by atomic mass is 10.2. The Kier molecular flexibility index (Phi) is 6.49. The lowest BCUT2D eigenvalue weighted by Gasteiger charge is -2.08. The van der Waals surface area contributed by atoms with E-state index >= 15 is 0 Å². The first kappa shape index (κ1) is 21.3. The second-order valence-electron chi connectivity index (χ2n) is 7.18. The van der Waals surface area contributed by atoms with Crippen LogP contribution in [0.2, 0.25) is 5.02 Å². The quantitative estimate of drug-likeness (QED) is 0.260. The minimum atomic E-state index is -0.342.